The van der Waals surface area contributed by atoms with Crippen LogP contribution in [0.4, 0.5) is 0 Å². The summed E-state index contributed by atoms with van der Waals surface area (Å²) in [5, 5.41) is 3.05. The van der Waals surface area contributed by atoms with Gasteiger partial charge in [0.2, 0.25) is 5.91 Å². The number of furan rings is 1. The number of hydrogen-bond acceptors (Lipinski definition) is 4. The number of carbonyl (C=O) groups excluding carboxylic acids is 2. The maximum absolute atomic E-state index is 12.9. The summed E-state index contributed by atoms with van der Waals surface area (Å²) in [7, 11) is 0. The SMILES string of the molecule is CCOc1cccc(C(C)NC(=O)C2CCCCN2C(=O)c2ccco2)c1. The van der Waals surface area contributed by atoms with Crippen LogP contribution in [0.3, 0.4) is 0 Å². The number of benzene rings is 1. The lowest BCUT2D eigenvalue weighted by Gasteiger charge is -2.34. The molecule has 0 bridgehead atoms. The summed E-state index contributed by atoms with van der Waals surface area (Å²) in [4.78, 5) is 27.2. The second-order valence-electron chi connectivity index (χ2n) is 6.72. The number of hydrogen-bond donors (Lipinski definition) is 1. The van der Waals surface area contributed by atoms with Gasteiger partial charge in [-0.05, 0) is 62.9 Å². The number of piperidine rings is 1. The van der Waals surface area contributed by atoms with Crippen LogP contribution in [0.2, 0.25) is 0 Å². The van der Waals surface area contributed by atoms with Crippen molar-refractivity contribution in [3.63, 3.8) is 0 Å². The molecule has 1 aromatic carbocycles. The van der Waals surface area contributed by atoms with Crippen LogP contribution in [0.25, 0.3) is 0 Å². The summed E-state index contributed by atoms with van der Waals surface area (Å²) in [6.45, 7) is 5.03. The quantitative estimate of drug-likeness (QED) is 0.844. The van der Waals surface area contributed by atoms with E-state index in [1.807, 2.05) is 38.1 Å². The Kier molecular flexibility index (Phi) is 6.16. The van der Waals surface area contributed by atoms with Gasteiger partial charge in [-0.2, -0.15) is 0 Å². The second-order valence-corrected chi connectivity index (χ2v) is 6.72. The van der Waals surface area contributed by atoms with Gasteiger partial charge in [-0.25, -0.2) is 0 Å². The molecule has 0 saturated carbocycles. The molecular formula is C21H26N2O4. The zero-order valence-electron chi connectivity index (χ0n) is 15.8. The van der Waals surface area contributed by atoms with Crippen LogP contribution in [0.1, 0.15) is 55.3 Å². The van der Waals surface area contributed by atoms with E-state index in [9.17, 15) is 9.59 Å². The lowest BCUT2D eigenvalue weighted by molar-refractivity contribution is -0.127. The van der Waals surface area contributed by atoms with Crippen molar-refractivity contribution in [1.82, 2.24) is 10.2 Å². The van der Waals surface area contributed by atoms with Gasteiger partial charge in [0, 0.05) is 6.54 Å². The topological polar surface area (TPSA) is 71.8 Å². The van der Waals surface area contributed by atoms with E-state index < -0.39 is 6.04 Å². The molecule has 1 N–H and O–H groups in total. The van der Waals surface area contributed by atoms with Crippen LogP contribution in [0.5, 0.6) is 5.75 Å². The van der Waals surface area contributed by atoms with E-state index in [-0.39, 0.29) is 23.6 Å². The molecule has 144 valence electrons. The van der Waals surface area contributed by atoms with Crippen LogP contribution < -0.4 is 10.1 Å². The summed E-state index contributed by atoms with van der Waals surface area (Å²) in [6, 6.07) is 10.4. The lowest BCUT2D eigenvalue weighted by atomic mass is 10.00. The Labute approximate surface area is 159 Å². The van der Waals surface area contributed by atoms with Crippen molar-refractivity contribution in [3.05, 3.63) is 54.0 Å². The highest BCUT2D eigenvalue weighted by Crippen LogP contribution is 2.23. The summed E-state index contributed by atoms with van der Waals surface area (Å²) < 4.78 is 10.8. The average molecular weight is 370 g/mol. The van der Waals surface area contributed by atoms with Gasteiger partial charge in [-0.15, -0.1) is 0 Å². The van der Waals surface area contributed by atoms with Gasteiger partial charge in [0.25, 0.3) is 5.91 Å². The monoisotopic (exact) mass is 370 g/mol. The van der Waals surface area contributed by atoms with Crippen molar-refractivity contribution in [1.29, 1.82) is 0 Å². The maximum atomic E-state index is 12.9. The number of ether oxygens (including phenoxy) is 1. The number of amides is 2. The molecule has 0 radical (unpaired) electrons. The van der Waals surface area contributed by atoms with Gasteiger partial charge < -0.3 is 19.4 Å². The zero-order valence-corrected chi connectivity index (χ0v) is 15.8. The molecule has 0 spiro atoms. The van der Waals surface area contributed by atoms with E-state index in [1.165, 1.54) is 6.26 Å². The van der Waals surface area contributed by atoms with Crippen LogP contribution in [0.15, 0.2) is 47.1 Å². The first-order valence-corrected chi connectivity index (χ1v) is 9.47. The molecule has 1 aliphatic rings. The third kappa shape index (κ3) is 4.51. The molecule has 1 aliphatic heterocycles. The number of nitrogens with one attached hydrogen (secondary N) is 1. The summed E-state index contributed by atoms with van der Waals surface area (Å²) in [6.07, 6.45) is 3.94. The van der Waals surface area contributed by atoms with Gasteiger partial charge in [0.15, 0.2) is 5.76 Å². The van der Waals surface area contributed by atoms with Gasteiger partial charge in [-0.1, -0.05) is 12.1 Å². The first-order chi connectivity index (χ1) is 13.1. The summed E-state index contributed by atoms with van der Waals surface area (Å²) >= 11 is 0. The molecule has 3 rings (SSSR count). The Hall–Kier alpha value is -2.76. The van der Waals surface area contributed by atoms with Crippen LogP contribution >= 0.6 is 0 Å². The van der Waals surface area contributed by atoms with Crippen molar-refractivity contribution < 1.29 is 18.7 Å². The maximum Gasteiger partial charge on any atom is 0.290 e. The molecular weight excluding hydrogens is 344 g/mol. The molecule has 2 heterocycles. The molecule has 2 atom stereocenters. The Morgan fingerprint density at radius 1 is 1.30 bits per heavy atom. The Morgan fingerprint density at radius 3 is 2.89 bits per heavy atom. The summed E-state index contributed by atoms with van der Waals surface area (Å²) in [5.41, 5.74) is 0.967. The van der Waals surface area contributed by atoms with Crippen LogP contribution in [-0.2, 0) is 4.79 Å². The Balaban J connectivity index is 1.69. The van der Waals surface area contributed by atoms with E-state index in [0.29, 0.717) is 19.6 Å². The number of nitrogens with zero attached hydrogens (tertiary/aromatic N) is 1. The minimum absolute atomic E-state index is 0.135. The number of carbonyl (C=O) groups is 2. The smallest absolute Gasteiger partial charge is 0.290 e. The highest BCUT2D eigenvalue weighted by atomic mass is 16.5. The first-order valence-electron chi connectivity index (χ1n) is 9.47. The third-order valence-corrected chi connectivity index (χ3v) is 4.83. The van der Waals surface area contributed by atoms with E-state index in [4.69, 9.17) is 9.15 Å². The minimum Gasteiger partial charge on any atom is -0.494 e. The van der Waals surface area contributed by atoms with E-state index in [0.717, 1.165) is 24.2 Å². The van der Waals surface area contributed by atoms with E-state index >= 15 is 0 Å². The number of rotatable bonds is 6. The molecule has 2 aromatic rings. The van der Waals surface area contributed by atoms with Crippen molar-refractivity contribution in [3.8, 4) is 5.75 Å². The average Bonchev–Trinajstić information content (AvgIpc) is 3.22. The normalized spacial score (nSPS) is 18.0. The highest BCUT2D eigenvalue weighted by molar-refractivity contribution is 5.95. The largest absolute Gasteiger partial charge is 0.494 e. The van der Waals surface area contributed by atoms with Gasteiger partial charge >= 0.3 is 0 Å². The van der Waals surface area contributed by atoms with Crippen LogP contribution in [0, 0.1) is 0 Å². The first kappa shape index (κ1) is 19.0. The molecule has 2 unspecified atom stereocenters. The van der Waals surface area contributed by atoms with Gasteiger partial charge in [-0.3, -0.25) is 9.59 Å². The predicted molar refractivity (Wildman–Crippen MR) is 102 cm³/mol. The summed E-state index contributed by atoms with van der Waals surface area (Å²) in [5.74, 6) is 0.685. The fourth-order valence-electron chi connectivity index (χ4n) is 3.42. The van der Waals surface area contributed by atoms with Crippen molar-refractivity contribution in [2.45, 2.75) is 45.2 Å². The fraction of sp³-hybridized carbons (Fsp3) is 0.429. The minimum atomic E-state index is -0.478. The fourth-order valence-corrected chi connectivity index (χ4v) is 3.42. The lowest BCUT2D eigenvalue weighted by Crippen LogP contribution is -2.52. The second kappa shape index (κ2) is 8.75. The molecule has 1 saturated heterocycles. The number of likely N-dealkylation sites (tertiary alicyclic amines) is 1. The Bertz CT molecular complexity index is 772. The molecule has 0 aliphatic carbocycles. The standard InChI is InChI=1S/C21H26N2O4/c1-3-26-17-9-6-8-16(14-17)15(2)22-20(24)18-10-4-5-12-23(18)21(25)19-11-7-13-27-19/h6-9,11,13-15,18H,3-5,10,12H2,1-2H3,(H,22,24). The molecule has 6 nitrogen and oxygen atoms in total. The molecule has 27 heavy (non-hydrogen) atoms. The Morgan fingerprint density at radius 2 is 2.15 bits per heavy atom. The van der Waals surface area contributed by atoms with E-state index in [2.05, 4.69) is 5.32 Å². The van der Waals surface area contributed by atoms with Crippen molar-refractivity contribution in [2.75, 3.05) is 13.2 Å². The zero-order chi connectivity index (χ0) is 19.2. The molecule has 1 fully saturated rings. The molecule has 1 aromatic heterocycles. The van der Waals surface area contributed by atoms with Gasteiger partial charge in [0.1, 0.15) is 11.8 Å². The van der Waals surface area contributed by atoms with Gasteiger partial charge in [0.05, 0.1) is 18.9 Å². The van der Waals surface area contributed by atoms with Crippen molar-refractivity contribution in [2.24, 2.45) is 0 Å². The third-order valence-electron chi connectivity index (χ3n) is 4.83. The predicted octanol–water partition coefficient (Wildman–Crippen LogP) is 3.55. The molecule has 2 amide bonds. The van der Waals surface area contributed by atoms with E-state index in [1.54, 1.807) is 17.0 Å². The van der Waals surface area contributed by atoms with Crippen molar-refractivity contribution >= 4 is 11.8 Å². The highest BCUT2D eigenvalue weighted by Gasteiger charge is 2.34. The molecule has 6 heteroatoms. The van der Waals surface area contributed by atoms with Crippen LogP contribution in [-0.4, -0.2) is 35.9 Å².